The number of halogens is 1. The summed E-state index contributed by atoms with van der Waals surface area (Å²) in [5, 5.41) is 4.64. The number of fused-ring (bicyclic) bond motifs is 1. The third kappa shape index (κ3) is 3.41. The second kappa shape index (κ2) is 6.85. The number of aromatic nitrogens is 4. The van der Waals surface area contributed by atoms with Crippen molar-refractivity contribution in [3.05, 3.63) is 69.4 Å². The lowest BCUT2D eigenvalue weighted by Gasteiger charge is -2.06. The molecule has 136 valence electrons. The minimum Gasteiger partial charge on any atom is -0.484 e. The van der Waals surface area contributed by atoms with Gasteiger partial charge in [0, 0.05) is 17.6 Å². The zero-order chi connectivity index (χ0) is 19.0. The molecule has 0 saturated carbocycles. The Bertz CT molecular complexity index is 1180. The Morgan fingerprint density at radius 2 is 1.93 bits per heavy atom. The molecule has 0 N–H and O–H groups in total. The van der Waals surface area contributed by atoms with Crippen molar-refractivity contribution >= 4 is 22.6 Å². The van der Waals surface area contributed by atoms with E-state index in [-0.39, 0.29) is 12.2 Å². The summed E-state index contributed by atoms with van der Waals surface area (Å²) in [6.07, 6.45) is 0. The van der Waals surface area contributed by atoms with Crippen LogP contribution in [0.4, 0.5) is 0 Å². The second-order valence-corrected chi connectivity index (χ2v) is 6.46. The van der Waals surface area contributed by atoms with Gasteiger partial charge in [-0.1, -0.05) is 16.8 Å². The Morgan fingerprint density at radius 3 is 2.70 bits per heavy atom. The maximum atomic E-state index is 12.0. The van der Waals surface area contributed by atoms with Gasteiger partial charge in [0.1, 0.15) is 11.4 Å². The summed E-state index contributed by atoms with van der Waals surface area (Å²) < 4.78 is 12.4. The molecule has 0 fully saturated rings. The third-order valence-electron chi connectivity index (χ3n) is 4.14. The number of hydrogen-bond donors (Lipinski definition) is 0. The molecule has 0 amide bonds. The van der Waals surface area contributed by atoms with Gasteiger partial charge in [0.05, 0.1) is 11.0 Å². The molecule has 8 heteroatoms. The predicted octanol–water partition coefficient (Wildman–Crippen LogP) is 3.52. The molecule has 2 aromatic carbocycles. The van der Waals surface area contributed by atoms with Crippen molar-refractivity contribution < 1.29 is 9.26 Å². The van der Waals surface area contributed by atoms with Crippen LogP contribution in [-0.2, 0) is 13.7 Å². The quantitative estimate of drug-likeness (QED) is 0.537. The minimum atomic E-state index is -0.114. The van der Waals surface area contributed by atoms with E-state index in [0.717, 1.165) is 11.1 Å². The lowest BCUT2D eigenvalue weighted by atomic mass is 10.1. The van der Waals surface area contributed by atoms with Gasteiger partial charge in [-0.05, 0) is 49.4 Å². The fourth-order valence-electron chi connectivity index (χ4n) is 2.72. The van der Waals surface area contributed by atoms with E-state index in [1.165, 1.54) is 0 Å². The molecule has 0 aliphatic carbocycles. The van der Waals surface area contributed by atoms with Crippen molar-refractivity contribution in [2.45, 2.75) is 13.5 Å². The first-order valence-corrected chi connectivity index (χ1v) is 8.58. The van der Waals surface area contributed by atoms with Gasteiger partial charge in [-0.25, -0.2) is 4.98 Å². The van der Waals surface area contributed by atoms with Gasteiger partial charge in [-0.2, -0.15) is 4.98 Å². The molecule has 27 heavy (non-hydrogen) atoms. The Hall–Kier alpha value is -3.19. The zero-order valence-electron chi connectivity index (χ0n) is 14.6. The van der Waals surface area contributed by atoms with E-state index >= 15 is 0 Å². The number of hydrogen-bond acceptors (Lipinski definition) is 6. The van der Waals surface area contributed by atoms with Crippen LogP contribution in [0.1, 0.15) is 11.6 Å². The van der Waals surface area contributed by atoms with Crippen LogP contribution < -0.4 is 10.3 Å². The van der Waals surface area contributed by atoms with Crippen molar-refractivity contribution in [3.8, 4) is 17.1 Å². The van der Waals surface area contributed by atoms with Crippen molar-refractivity contribution in [1.82, 2.24) is 19.7 Å². The molecule has 2 aromatic heterocycles. The van der Waals surface area contributed by atoms with E-state index in [1.807, 2.05) is 18.2 Å². The third-order valence-corrected chi connectivity index (χ3v) is 4.39. The molecule has 0 unspecified atom stereocenters. The first-order valence-electron chi connectivity index (χ1n) is 8.20. The first kappa shape index (κ1) is 17.2. The van der Waals surface area contributed by atoms with E-state index in [1.54, 1.807) is 42.8 Å². The van der Waals surface area contributed by atoms with Crippen molar-refractivity contribution in [2.24, 2.45) is 7.05 Å². The highest BCUT2D eigenvalue weighted by atomic mass is 35.5. The summed E-state index contributed by atoms with van der Waals surface area (Å²) in [7, 11) is 1.72. The van der Waals surface area contributed by atoms with E-state index in [0.29, 0.717) is 33.7 Å². The van der Waals surface area contributed by atoms with Gasteiger partial charge in [-0.3, -0.25) is 4.79 Å². The Labute approximate surface area is 159 Å². The van der Waals surface area contributed by atoms with Crippen LogP contribution in [0.5, 0.6) is 5.75 Å². The molecule has 2 heterocycles. The highest BCUT2D eigenvalue weighted by Crippen LogP contribution is 2.21. The first-order chi connectivity index (χ1) is 13.0. The van der Waals surface area contributed by atoms with E-state index in [4.69, 9.17) is 20.9 Å². The fraction of sp³-hybridized carbons (Fsp3) is 0.158. The number of nitrogens with zero attached hydrogens (tertiary/aromatic N) is 4. The summed E-state index contributed by atoms with van der Waals surface area (Å²) in [5.74, 6) is 1.44. The summed E-state index contributed by atoms with van der Waals surface area (Å²) in [6, 6.07) is 12.5. The maximum Gasteiger partial charge on any atom is 0.272 e. The van der Waals surface area contributed by atoms with E-state index in [9.17, 15) is 4.79 Å². The molecule has 0 aliphatic heterocycles. The number of benzene rings is 2. The van der Waals surface area contributed by atoms with Gasteiger partial charge >= 0.3 is 0 Å². The van der Waals surface area contributed by atoms with Crippen LogP contribution in [0.2, 0.25) is 5.02 Å². The summed E-state index contributed by atoms with van der Waals surface area (Å²) in [6.45, 7) is 1.84. The second-order valence-electron chi connectivity index (χ2n) is 6.02. The van der Waals surface area contributed by atoms with Crippen molar-refractivity contribution in [1.29, 1.82) is 0 Å². The molecule has 0 spiro atoms. The summed E-state index contributed by atoms with van der Waals surface area (Å²) >= 11 is 5.85. The lowest BCUT2D eigenvalue weighted by Crippen LogP contribution is -2.21. The monoisotopic (exact) mass is 382 g/mol. The summed E-state index contributed by atoms with van der Waals surface area (Å²) in [4.78, 5) is 20.7. The molecular weight excluding hydrogens is 368 g/mol. The predicted molar refractivity (Wildman–Crippen MR) is 101 cm³/mol. The smallest absolute Gasteiger partial charge is 0.272 e. The topological polar surface area (TPSA) is 83.0 Å². The average molecular weight is 383 g/mol. The van der Waals surface area contributed by atoms with Crippen LogP contribution in [0.3, 0.4) is 0 Å². The molecule has 0 atom stereocenters. The van der Waals surface area contributed by atoms with Gasteiger partial charge in [0.25, 0.3) is 11.4 Å². The Balaban J connectivity index is 1.58. The van der Waals surface area contributed by atoms with Crippen molar-refractivity contribution in [3.63, 3.8) is 0 Å². The highest BCUT2D eigenvalue weighted by molar-refractivity contribution is 6.30. The van der Waals surface area contributed by atoms with Crippen LogP contribution in [0.25, 0.3) is 22.4 Å². The molecular formula is C19H15ClN4O3. The Kier molecular flexibility index (Phi) is 4.37. The number of ether oxygens (including phenoxy) is 1. The molecule has 4 aromatic rings. The highest BCUT2D eigenvalue weighted by Gasteiger charge is 2.12. The van der Waals surface area contributed by atoms with E-state index < -0.39 is 0 Å². The van der Waals surface area contributed by atoms with Crippen LogP contribution in [0, 0.1) is 6.92 Å². The standard InChI is InChI=1S/C19H15ClN4O3/c1-11-19(25)24(2)16-8-3-12(9-15(16)21-11)18-22-17(27-23-18)10-26-14-6-4-13(20)5-7-14/h3-9H,10H2,1-2H3. The normalized spacial score (nSPS) is 11.1. The maximum absolute atomic E-state index is 12.0. The number of aryl methyl sites for hydroxylation is 2. The van der Waals surface area contributed by atoms with Gasteiger partial charge in [0.15, 0.2) is 6.61 Å². The molecule has 0 radical (unpaired) electrons. The Morgan fingerprint density at radius 1 is 1.15 bits per heavy atom. The molecule has 7 nitrogen and oxygen atoms in total. The van der Waals surface area contributed by atoms with Crippen LogP contribution in [0.15, 0.2) is 51.8 Å². The molecule has 0 bridgehead atoms. The van der Waals surface area contributed by atoms with Crippen LogP contribution in [-0.4, -0.2) is 19.7 Å². The average Bonchev–Trinajstić information content (AvgIpc) is 3.14. The van der Waals surface area contributed by atoms with E-state index in [2.05, 4.69) is 15.1 Å². The minimum absolute atomic E-state index is 0.114. The molecule has 4 rings (SSSR count). The van der Waals surface area contributed by atoms with Gasteiger partial charge in [-0.15, -0.1) is 0 Å². The van der Waals surface area contributed by atoms with Gasteiger partial charge in [0.2, 0.25) is 5.82 Å². The zero-order valence-corrected chi connectivity index (χ0v) is 15.4. The molecule has 0 saturated heterocycles. The van der Waals surface area contributed by atoms with Crippen molar-refractivity contribution in [2.75, 3.05) is 0 Å². The van der Waals surface area contributed by atoms with Crippen LogP contribution >= 0.6 is 11.6 Å². The summed E-state index contributed by atoms with van der Waals surface area (Å²) in [5.41, 5.74) is 2.50. The fourth-order valence-corrected chi connectivity index (χ4v) is 2.85. The van der Waals surface area contributed by atoms with Gasteiger partial charge < -0.3 is 13.8 Å². The number of rotatable bonds is 4. The molecule has 0 aliphatic rings. The lowest BCUT2D eigenvalue weighted by molar-refractivity contribution is 0.243. The largest absolute Gasteiger partial charge is 0.484 e. The SMILES string of the molecule is Cc1nc2cc(-c3noc(COc4ccc(Cl)cc4)n3)ccc2n(C)c1=O.